The van der Waals surface area contributed by atoms with Crippen molar-refractivity contribution in [2.24, 2.45) is 0 Å². The number of thiazole rings is 1. The number of hydrogen-bond donors (Lipinski definition) is 2. The molecule has 0 aliphatic heterocycles. The Labute approximate surface area is 134 Å². The number of aromatic nitrogens is 1. The van der Waals surface area contributed by atoms with Gasteiger partial charge in [0.25, 0.3) is 0 Å². The second-order valence-corrected chi connectivity index (χ2v) is 6.20. The number of rotatable bonds is 6. The van der Waals surface area contributed by atoms with Crippen molar-refractivity contribution < 1.29 is 9.90 Å². The minimum Gasteiger partial charge on any atom is -0.395 e. The third kappa shape index (κ3) is 4.82. The number of urea groups is 1. The predicted octanol–water partition coefficient (Wildman–Crippen LogP) is 2.46. The van der Waals surface area contributed by atoms with Gasteiger partial charge in [-0.2, -0.15) is 0 Å². The number of benzene rings is 1. The molecule has 5 nitrogen and oxygen atoms in total. The van der Waals surface area contributed by atoms with Crippen molar-refractivity contribution in [3.05, 3.63) is 51.5 Å². The number of nitrogens with one attached hydrogen (secondary N) is 1. The lowest BCUT2D eigenvalue weighted by molar-refractivity contribution is 0.173. The molecule has 1 aromatic heterocycles. The average molecular weight is 319 g/mol. The topological polar surface area (TPSA) is 65.5 Å². The molecule has 0 atom stereocenters. The highest BCUT2D eigenvalue weighted by Crippen LogP contribution is 2.10. The van der Waals surface area contributed by atoms with Gasteiger partial charge in [0, 0.05) is 24.7 Å². The van der Waals surface area contributed by atoms with Crippen LogP contribution < -0.4 is 5.32 Å². The molecule has 2 aromatic rings. The maximum atomic E-state index is 12.3. The molecule has 0 saturated carbocycles. The number of carbonyl (C=O) groups is 1. The van der Waals surface area contributed by atoms with Gasteiger partial charge in [-0.15, -0.1) is 11.3 Å². The van der Waals surface area contributed by atoms with E-state index in [4.69, 9.17) is 5.11 Å². The monoisotopic (exact) mass is 319 g/mol. The number of hydrogen-bond acceptors (Lipinski definition) is 4. The standard InChI is InChI=1S/C16H21N3O2S/c1-12-7-13(2)9-14(8-12)10-18-16(21)19(4-5-20)11-15-17-3-6-22-15/h3,6-9,20H,4-5,10-11H2,1-2H3,(H,18,21). The van der Waals surface area contributed by atoms with Crippen LogP contribution in [0.4, 0.5) is 4.79 Å². The summed E-state index contributed by atoms with van der Waals surface area (Å²) in [4.78, 5) is 18.0. The fraction of sp³-hybridized carbons (Fsp3) is 0.375. The summed E-state index contributed by atoms with van der Waals surface area (Å²) in [5.41, 5.74) is 3.43. The zero-order valence-electron chi connectivity index (χ0n) is 12.9. The van der Waals surface area contributed by atoms with Crippen LogP contribution in [0.25, 0.3) is 0 Å². The van der Waals surface area contributed by atoms with Crippen molar-refractivity contribution in [3.8, 4) is 0 Å². The Morgan fingerprint density at radius 2 is 2.05 bits per heavy atom. The fourth-order valence-electron chi connectivity index (χ4n) is 2.33. The van der Waals surface area contributed by atoms with Crippen molar-refractivity contribution in [2.45, 2.75) is 26.9 Å². The van der Waals surface area contributed by atoms with E-state index in [-0.39, 0.29) is 19.2 Å². The highest BCUT2D eigenvalue weighted by Gasteiger charge is 2.14. The van der Waals surface area contributed by atoms with E-state index >= 15 is 0 Å². The van der Waals surface area contributed by atoms with Crippen LogP contribution in [0.5, 0.6) is 0 Å². The lowest BCUT2D eigenvalue weighted by Crippen LogP contribution is -2.40. The number of aliphatic hydroxyl groups excluding tert-OH is 1. The summed E-state index contributed by atoms with van der Waals surface area (Å²) in [6.45, 7) is 5.19. The summed E-state index contributed by atoms with van der Waals surface area (Å²) in [7, 11) is 0. The van der Waals surface area contributed by atoms with Crippen LogP contribution in [0, 0.1) is 13.8 Å². The molecule has 0 aliphatic rings. The van der Waals surface area contributed by atoms with Gasteiger partial charge in [-0.05, 0) is 19.4 Å². The molecular formula is C16H21N3O2S. The molecule has 22 heavy (non-hydrogen) atoms. The van der Waals surface area contributed by atoms with E-state index in [2.05, 4.69) is 28.5 Å². The minimum atomic E-state index is -0.191. The maximum absolute atomic E-state index is 12.3. The van der Waals surface area contributed by atoms with Gasteiger partial charge >= 0.3 is 6.03 Å². The molecule has 0 aliphatic carbocycles. The number of amides is 2. The van der Waals surface area contributed by atoms with Gasteiger partial charge in [0.15, 0.2) is 0 Å². The van der Waals surface area contributed by atoms with E-state index in [0.29, 0.717) is 13.1 Å². The second kappa shape index (κ2) is 7.91. The molecular weight excluding hydrogens is 298 g/mol. The van der Waals surface area contributed by atoms with Gasteiger partial charge in [0.2, 0.25) is 0 Å². The second-order valence-electron chi connectivity index (χ2n) is 5.23. The highest BCUT2D eigenvalue weighted by atomic mass is 32.1. The van der Waals surface area contributed by atoms with Gasteiger partial charge in [-0.1, -0.05) is 29.3 Å². The minimum absolute atomic E-state index is 0.0671. The first kappa shape index (κ1) is 16.5. The summed E-state index contributed by atoms with van der Waals surface area (Å²) in [6, 6.07) is 6.03. The van der Waals surface area contributed by atoms with Gasteiger partial charge in [0.1, 0.15) is 5.01 Å². The molecule has 2 rings (SSSR count). The Morgan fingerprint density at radius 1 is 1.32 bits per heavy atom. The highest BCUT2D eigenvalue weighted by molar-refractivity contribution is 7.09. The van der Waals surface area contributed by atoms with E-state index in [1.807, 2.05) is 19.2 Å². The third-order valence-electron chi connectivity index (χ3n) is 3.19. The van der Waals surface area contributed by atoms with Crippen molar-refractivity contribution in [3.63, 3.8) is 0 Å². The normalized spacial score (nSPS) is 10.5. The summed E-state index contributed by atoms with van der Waals surface area (Å²) in [6.07, 6.45) is 1.71. The van der Waals surface area contributed by atoms with Crippen molar-refractivity contribution in [1.29, 1.82) is 0 Å². The Kier molecular flexibility index (Phi) is 5.91. The molecule has 1 aromatic carbocycles. The SMILES string of the molecule is Cc1cc(C)cc(CNC(=O)N(CCO)Cc2nccs2)c1. The van der Waals surface area contributed by atoms with Gasteiger partial charge in [-0.25, -0.2) is 9.78 Å². The number of nitrogens with zero attached hydrogens (tertiary/aromatic N) is 2. The van der Waals surface area contributed by atoms with Crippen LogP contribution in [0.1, 0.15) is 21.7 Å². The Hall–Kier alpha value is -1.92. The number of aliphatic hydroxyl groups is 1. The molecule has 0 fully saturated rings. The van der Waals surface area contributed by atoms with Crippen molar-refractivity contribution >= 4 is 17.4 Å². The van der Waals surface area contributed by atoms with Crippen LogP contribution in [0.3, 0.4) is 0 Å². The number of aryl methyl sites for hydroxylation is 2. The van der Waals surface area contributed by atoms with E-state index < -0.39 is 0 Å². The summed E-state index contributed by atoms with van der Waals surface area (Å²) in [5.74, 6) is 0. The molecule has 0 radical (unpaired) electrons. The van der Waals surface area contributed by atoms with E-state index in [9.17, 15) is 4.79 Å². The van der Waals surface area contributed by atoms with E-state index in [1.165, 1.54) is 22.5 Å². The van der Waals surface area contributed by atoms with Crippen LogP contribution in [0.2, 0.25) is 0 Å². The summed E-state index contributed by atoms with van der Waals surface area (Å²) in [5, 5.41) is 14.8. The summed E-state index contributed by atoms with van der Waals surface area (Å²) >= 11 is 1.50. The molecule has 2 N–H and O–H groups in total. The van der Waals surface area contributed by atoms with Gasteiger partial charge in [0.05, 0.1) is 13.2 Å². The predicted molar refractivity (Wildman–Crippen MR) is 87.8 cm³/mol. The Balaban J connectivity index is 1.95. The van der Waals surface area contributed by atoms with Crippen LogP contribution in [-0.4, -0.2) is 34.2 Å². The first-order valence-corrected chi connectivity index (χ1v) is 8.05. The first-order chi connectivity index (χ1) is 10.6. The molecule has 0 saturated heterocycles. The Morgan fingerprint density at radius 3 is 2.64 bits per heavy atom. The molecule has 0 bridgehead atoms. The van der Waals surface area contributed by atoms with Crippen molar-refractivity contribution in [2.75, 3.05) is 13.2 Å². The van der Waals surface area contributed by atoms with E-state index in [0.717, 1.165) is 10.6 Å². The lowest BCUT2D eigenvalue weighted by Gasteiger charge is -2.21. The third-order valence-corrected chi connectivity index (χ3v) is 3.96. The smallest absolute Gasteiger partial charge is 0.318 e. The van der Waals surface area contributed by atoms with Crippen LogP contribution in [-0.2, 0) is 13.1 Å². The van der Waals surface area contributed by atoms with Gasteiger partial charge < -0.3 is 15.3 Å². The molecule has 2 amide bonds. The molecule has 0 unspecified atom stereocenters. The Bertz CT molecular complexity index is 594. The molecule has 6 heteroatoms. The van der Waals surface area contributed by atoms with Crippen LogP contribution >= 0.6 is 11.3 Å². The molecule has 118 valence electrons. The molecule has 0 spiro atoms. The van der Waals surface area contributed by atoms with Gasteiger partial charge in [-0.3, -0.25) is 0 Å². The lowest BCUT2D eigenvalue weighted by atomic mass is 10.1. The maximum Gasteiger partial charge on any atom is 0.318 e. The molecule has 1 heterocycles. The quantitative estimate of drug-likeness (QED) is 0.859. The summed E-state index contributed by atoms with van der Waals surface area (Å²) < 4.78 is 0. The fourth-order valence-corrected chi connectivity index (χ4v) is 2.96. The van der Waals surface area contributed by atoms with Crippen molar-refractivity contribution in [1.82, 2.24) is 15.2 Å². The zero-order valence-corrected chi connectivity index (χ0v) is 13.7. The first-order valence-electron chi connectivity index (χ1n) is 7.17. The number of carbonyl (C=O) groups excluding carboxylic acids is 1. The van der Waals surface area contributed by atoms with Crippen LogP contribution in [0.15, 0.2) is 29.8 Å². The largest absolute Gasteiger partial charge is 0.395 e. The average Bonchev–Trinajstić information content (AvgIpc) is 2.96. The zero-order chi connectivity index (χ0) is 15.9. The van der Waals surface area contributed by atoms with E-state index in [1.54, 1.807) is 11.1 Å².